The van der Waals surface area contributed by atoms with Crippen molar-refractivity contribution in [2.75, 3.05) is 0 Å². The van der Waals surface area contributed by atoms with Crippen molar-refractivity contribution in [3.8, 4) is 11.4 Å². The lowest BCUT2D eigenvalue weighted by Gasteiger charge is -1.98. The van der Waals surface area contributed by atoms with Gasteiger partial charge < -0.3 is 4.98 Å². The third kappa shape index (κ3) is 1.85. The van der Waals surface area contributed by atoms with Crippen molar-refractivity contribution in [1.82, 2.24) is 9.97 Å². The Morgan fingerprint density at radius 1 is 1.06 bits per heavy atom. The molecule has 3 rings (SSSR count). The largest absolute Gasteiger partial charge is 0.338 e. The summed E-state index contributed by atoms with van der Waals surface area (Å²) < 4.78 is 1.01. The molecule has 0 unspecified atom stereocenters. The normalized spacial score (nSPS) is 10.9. The standard InChI is InChI=1S/C13H8BrClN2/c14-9-5-2-1-4-8(9)13-16-11-7-3-6-10(15)12(11)17-13/h1-7H,(H,16,17). The van der Waals surface area contributed by atoms with Crippen molar-refractivity contribution in [3.63, 3.8) is 0 Å². The van der Waals surface area contributed by atoms with Crippen molar-refractivity contribution >= 4 is 38.6 Å². The summed E-state index contributed by atoms with van der Waals surface area (Å²) in [6, 6.07) is 13.7. The van der Waals surface area contributed by atoms with E-state index in [1.54, 1.807) is 0 Å². The van der Waals surface area contributed by atoms with E-state index in [1.165, 1.54) is 0 Å². The van der Waals surface area contributed by atoms with Gasteiger partial charge in [0, 0.05) is 10.0 Å². The molecule has 1 aromatic heterocycles. The van der Waals surface area contributed by atoms with Crippen LogP contribution in [0.4, 0.5) is 0 Å². The fourth-order valence-electron chi connectivity index (χ4n) is 1.78. The fourth-order valence-corrected chi connectivity index (χ4v) is 2.47. The van der Waals surface area contributed by atoms with Crippen molar-refractivity contribution < 1.29 is 0 Å². The molecule has 4 heteroatoms. The molecule has 0 aliphatic rings. The van der Waals surface area contributed by atoms with Crippen LogP contribution in [0.15, 0.2) is 46.9 Å². The summed E-state index contributed by atoms with van der Waals surface area (Å²) in [6.45, 7) is 0. The van der Waals surface area contributed by atoms with Crippen LogP contribution in [-0.4, -0.2) is 9.97 Å². The van der Waals surface area contributed by atoms with Crippen LogP contribution in [0.1, 0.15) is 0 Å². The number of rotatable bonds is 1. The predicted molar refractivity (Wildman–Crippen MR) is 74.2 cm³/mol. The Morgan fingerprint density at radius 2 is 1.88 bits per heavy atom. The highest BCUT2D eigenvalue weighted by Gasteiger charge is 2.09. The summed E-state index contributed by atoms with van der Waals surface area (Å²) in [6.07, 6.45) is 0. The van der Waals surface area contributed by atoms with Gasteiger partial charge in [-0.1, -0.05) is 51.8 Å². The van der Waals surface area contributed by atoms with Crippen LogP contribution in [0.3, 0.4) is 0 Å². The average Bonchev–Trinajstić information content (AvgIpc) is 2.75. The number of hydrogen-bond donors (Lipinski definition) is 1. The molecule has 17 heavy (non-hydrogen) atoms. The molecule has 1 heterocycles. The van der Waals surface area contributed by atoms with Gasteiger partial charge in [-0.2, -0.15) is 0 Å². The Labute approximate surface area is 112 Å². The van der Waals surface area contributed by atoms with Gasteiger partial charge >= 0.3 is 0 Å². The van der Waals surface area contributed by atoms with Gasteiger partial charge in [0.05, 0.1) is 10.5 Å². The number of para-hydroxylation sites is 1. The minimum atomic E-state index is 0.664. The van der Waals surface area contributed by atoms with E-state index < -0.39 is 0 Å². The lowest BCUT2D eigenvalue weighted by atomic mass is 10.2. The minimum absolute atomic E-state index is 0.664. The number of halogens is 2. The molecule has 2 nitrogen and oxygen atoms in total. The maximum absolute atomic E-state index is 6.10. The molecule has 0 spiro atoms. The number of hydrogen-bond acceptors (Lipinski definition) is 1. The number of nitrogens with zero attached hydrogens (tertiary/aromatic N) is 1. The van der Waals surface area contributed by atoms with Crippen molar-refractivity contribution in [3.05, 3.63) is 52.0 Å². The number of benzene rings is 2. The van der Waals surface area contributed by atoms with Crippen LogP contribution in [0.25, 0.3) is 22.4 Å². The number of imidazole rings is 1. The first-order valence-corrected chi connectivity index (χ1v) is 6.32. The van der Waals surface area contributed by atoms with E-state index in [0.717, 1.165) is 26.9 Å². The highest BCUT2D eigenvalue weighted by molar-refractivity contribution is 9.10. The first-order valence-electron chi connectivity index (χ1n) is 5.15. The quantitative estimate of drug-likeness (QED) is 0.697. The molecule has 0 fully saturated rings. The van der Waals surface area contributed by atoms with E-state index in [1.807, 2.05) is 42.5 Å². The molecule has 0 bridgehead atoms. The first-order chi connectivity index (χ1) is 8.25. The van der Waals surface area contributed by atoms with E-state index in [0.29, 0.717) is 5.02 Å². The first kappa shape index (κ1) is 10.8. The summed E-state index contributed by atoms with van der Waals surface area (Å²) in [4.78, 5) is 7.79. The van der Waals surface area contributed by atoms with E-state index >= 15 is 0 Å². The lowest BCUT2D eigenvalue weighted by Crippen LogP contribution is -1.81. The fraction of sp³-hybridized carbons (Fsp3) is 0. The highest BCUT2D eigenvalue weighted by Crippen LogP contribution is 2.29. The Kier molecular flexibility index (Phi) is 2.65. The van der Waals surface area contributed by atoms with Gasteiger partial charge in [-0.05, 0) is 18.2 Å². The topological polar surface area (TPSA) is 28.7 Å². The maximum Gasteiger partial charge on any atom is 0.139 e. The lowest BCUT2D eigenvalue weighted by molar-refractivity contribution is 1.33. The smallest absolute Gasteiger partial charge is 0.139 e. The molecule has 0 aliphatic carbocycles. The third-order valence-electron chi connectivity index (χ3n) is 2.59. The molecule has 2 aromatic carbocycles. The minimum Gasteiger partial charge on any atom is -0.338 e. The molecular weight excluding hydrogens is 300 g/mol. The summed E-state index contributed by atoms with van der Waals surface area (Å²) in [7, 11) is 0. The van der Waals surface area contributed by atoms with Gasteiger partial charge in [0.1, 0.15) is 11.3 Å². The van der Waals surface area contributed by atoms with Crippen LogP contribution >= 0.6 is 27.5 Å². The van der Waals surface area contributed by atoms with Crippen molar-refractivity contribution in [2.45, 2.75) is 0 Å². The number of nitrogens with one attached hydrogen (secondary N) is 1. The van der Waals surface area contributed by atoms with Gasteiger partial charge in [-0.3, -0.25) is 0 Å². The van der Waals surface area contributed by atoms with Crippen LogP contribution in [-0.2, 0) is 0 Å². The molecule has 0 saturated carbocycles. The Balaban J connectivity index is 2.26. The van der Waals surface area contributed by atoms with E-state index in [2.05, 4.69) is 25.9 Å². The maximum atomic E-state index is 6.10. The van der Waals surface area contributed by atoms with Crippen molar-refractivity contribution in [2.24, 2.45) is 0 Å². The average molecular weight is 308 g/mol. The molecular formula is C13H8BrClN2. The van der Waals surface area contributed by atoms with Crippen LogP contribution in [0.5, 0.6) is 0 Å². The zero-order chi connectivity index (χ0) is 11.8. The summed E-state index contributed by atoms with van der Waals surface area (Å²) in [5.41, 5.74) is 2.78. The second kappa shape index (κ2) is 4.17. The van der Waals surface area contributed by atoms with Gasteiger partial charge in [0.15, 0.2) is 0 Å². The van der Waals surface area contributed by atoms with Crippen LogP contribution in [0, 0.1) is 0 Å². The monoisotopic (exact) mass is 306 g/mol. The molecule has 84 valence electrons. The van der Waals surface area contributed by atoms with Gasteiger partial charge in [0.2, 0.25) is 0 Å². The molecule has 1 N–H and O–H groups in total. The van der Waals surface area contributed by atoms with Gasteiger partial charge in [-0.15, -0.1) is 0 Å². The predicted octanol–water partition coefficient (Wildman–Crippen LogP) is 4.65. The zero-order valence-corrected chi connectivity index (χ0v) is 11.1. The summed E-state index contributed by atoms with van der Waals surface area (Å²) in [5.74, 6) is 0.820. The van der Waals surface area contributed by atoms with E-state index in [4.69, 9.17) is 11.6 Å². The molecule has 0 saturated heterocycles. The van der Waals surface area contributed by atoms with E-state index in [9.17, 15) is 0 Å². The summed E-state index contributed by atoms with van der Waals surface area (Å²) in [5, 5.41) is 0.664. The number of aromatic amines is 1. The van der Waals surface area contributed by atoms with E-state index in [-0.39, 0.29) is 0 Å². The Hall–Kier alpha value is -1.32. The second-order valence-electron chi connectivity index (χ2n) is 3.70. The van der Waals surface area contributed by atoms with Crippen LogP contribution in [0.2, 0.25) is 5.02 Å². The third-order valence-corrected chi connectivity index (χ3v) is 3.59. The Bertz CT molecular complexity index is 691. The number of fused-ring (bicyclic) bond motifs is 1. The summed E-state index contributed by atoms with van der Waals surface area (Å²) >= 11 is 9.62. The van der Waals surface area contributed by atoms with Gasteiger partial charge in [0.25, 0.3) is 0 Å². The zero-order valence-electron chi connectivity index (χ0n) is 8.74. The number of H-pyrrole nitrogens is 1. The molecule has 0 amide bonds. The molecule has 0 radical (unpaired) electrons. The SMILES string of the molecule is Clc1cccc2[nH]c(-c3ccccc3Br)nc12. The highest BCUT2D eigenvalue weighted by atomic mass is 79.9. The second-order valence-corrected chi connectivity index (χ2v) is 4.96. The molecule has 0 aliphatic heterocycles. The Morgan fingerprint density at radius 3 is 2.65 bits per heavy atom. The number of aromatic nitrogens is 2. The molecule has 3 aromatic rings. The van der Waals surface area contributed by atoms with Crippen molar-refractivity contribution in [1.29, 1.82) is 0 Å². The van der Waals surface area contributed by atoms with Crippen LogP contribution < -0.4 is 0 Å². The van der Waals surface area contributed by atoms with Gasteiger partial charge in [-0.25, -0.2) is 4.98 Å². The molecule has 0 atom stereocenters.